The fraction of sp³-hybridized carbons (Fsp3) is 0.560. The van der Waals surface area contributed by atoms with E-state index in [1.165, 1.54) is 0 Å². The predicted molar refractivity (Wildman–Crippen MR) is 143 cm³/mol. The summed E-state index contributed by atoms with van der Waals surface area (Å²) in [6.07, 6.45) is 3.01. The smallest absolute Gasteiger partial charge is 0.410 e. The van der Waals surface area contributed by atoms with Gasteiger partial charge in [0.05, 0.1) is 21.3 Å². The molecule has 0 unspecified atom stereocenters. The molecule has 2 fully saturated rings. The summed E-state index contributed by atoms with van der Waals surface area (Å²) < 4.78 is 23.3. The molecule has 3 aromatic rings. The largest absolute Gasteiger partial charge is 0.444 e. The second-order valence-electron chi connectivity index (χ2n) is 10.9. The van der Waals surface area contributed by atoms with Crippen LogP contribution in [0.25, 0.3) is 21.9 Å². The number of rotatable bonds is 3. The number of amides is 1. The minimum absolute atomic E-state index is 0.100. The minimum atomic E-state index is -0.531. The van der Waals surface area contributed by atoms with Crippen LogP contribution in [-0.2, 0) is 4.74 Å². The zero-order valence-electron chi connectivity index (χ0n) is 21.2. The van der Waals surface area contributed by atoms with Crippen LogP contribution in [0.4, 0.5) is 15.0 Å². The summed E-state index contributed by atoms with van der Waals surface area (Å²) in [5.41, 5.74) is 1.31. The van der Waals surface area contributed by atoms with Crippen molar-refractivity contribution in [3.63, 3.8) is 0 Å². The number of likely N-dealkylation sites (N-methyl/N-ethyl adjacent to an activating group) is 1. The maximum atomic E-state index is 15.4. The number of nitrogens with zero attached hydrogens (tertiary/aromatic N) is 6. The number of hydrogen-bond acceptors (Lipinski definition) is 6. The van der Waals surface area contributed by atoms with Crippen molar-refractivity contribution in [2.75, 3.05) is 45.2 Å². The van der Waals surface area contributed by atoms with E-state index >= 15 is 4.39 Å². The molecule has 194 valence electrons. The Morgan fingerprint density at radius 3 is 2.50 bits per heavy atom. The Bertz CT molecular complexity index is 1330. The first-order valence-electron chi connectivity index (χ1n) is 12.2. The lowest BCUT2D eigenvalue weighted by Gasteiger charge is -2.43. The van der Waals surface area contributed by atoms with Crippen LogP contribution < -0.4 is 4.90 Å². The quantitative estimate of drug-likeness (QED) is 0.383. The average molecular weight is 582 g/mol. The summed E-state index contributed by atoms with van der Waals surface area (Å²) in [6.45, 7) is 8.36. The van der Waals surface area contributed by atoms with Crippen molar-refractivity contribution in [3.8, 4) is 0 Å². The zero-order chi connectivity index (χ0) is 25.9. The highest BCUT2D eigenvalue weighted by molar-refractivity contribution is 9.10. The van der Waals surface area contributed by atoms with E-state index in [0.717, 1.165) is 37.0 Å². The second-order valence-corrected chi connectivity index (χ2v) is 12.1. The second kappa shape index (κ2) is 9.29. The Kier molecular flexibility index (Phi) is 6.58. The van der Waals surface area contributed by atoms with Crippen LogP contribution in [0.5, 0.6) is 0 Å². The third-order valence-corrected chi connectivity index (χ3v) is 8.32. The van der Waals surface area contributed by atoms with Gasteiger partial charge in [-0.2, -0.15) is 0 Å². The van der Waals surface area contributed by atoms with Crippen molar-refractivity contribution in [1.29, 1.82) is 0 Å². The SMILES string of the molecule is CN(C)C1CN(c2nc3c(F)c(Br)c(Cl)cc3c3c2ncn3C2CCN(C(=O)OC(C)(C)C)CC2)C1. The zero-order valence-corrected chi connectivity index (χ0v) is 23.5. The third kappa shape index (κ3) is 4.52. The maximum absolute atomic E-state index is 15.4. The molecule has 2 saturated heterocycles. The van der Waals surface area contributed by atoms with Crippen molar-refractivity contribution in [1.82, 2.24) is 24.3 Å². The van der Waals surface area contributed by atoms with Crippen molar-refractivity contribution in [2.45, 2.75) is 51.3 Å². The highest BCUT2D eigenvalue weighted by Crippen LogP contribution is 2.40. The van der Waals surface area contributed by atoms with Gasteiger partial charge in [-0.3, -0.25) is 0 Å². The average Bonchev–Trinajstić information content (AvgIpc) is 3.21. The molecule has 11 heteroatoms. The summed E-state index contributed by atoms with van der Waals surface area (Å²) in [7, 11) is 4.12. The summed E-state index contributed by atoms with van der Waals surface area (Å²) in [5, 5.41) is 0.927. The Labute approximate surface area is 223 Å². The Hall–Kier alpha value is -2.17. The number of fused-ring (bicyclic) bond motifs is 3. The molecule has 0 N–H and O–H groups in total. The van der Waals surface area contributed by atoms with E-state index in [4.69, 9.17) is 26.3 Å². The fourth-order valence-corrected chi connectivity index (χ4v) is 5.43. The Balaban J connectivity index is 1.53. The standard InChI is InChI=1S/C25H31BrClFN6O2/c1-25(2,3)36-24(35)32-8-6-14(7-9-32)34-13-29-21-22(34)16-10-17(27)18(26)19(28)20(16)30-23(21)33-11-15(12-33)31(4)5/h10,13-15H,6-9,11-12H2,1-5H3. The summed E-state index contributed by atoms with van der Waals surface area (Å²) >= 11 is 9.65. The number of aromatic nitrogens is 3. The molecule has 2 aliphatic heterocycles. The number of hydrogen-bond donors (Lipinski definition) is 0. The lowest BCUT2D eigenvalue weighted by atomic mass is 10.0. The number of carbonyl (C=O) groups is 1. The number of likely N-dealkylation sites (tertiary alicyclic amines) is 1. The molecule has 0 spiro atoms. The van der Waals surface area contributed by atoms with E-state index in [9.17, 15) is 4.79 Å². The topological polar surface area (TPSA) is 66.7 Å². The van der Waals surface area contributed by atoms with Crippen molar-refractivity contribution in [3.05, 3.63) is 27.7 Å². The van der Waals surface area contributed by atoms with Gasteiger partial charge in [0, 0.05) is 43.6 Å². The van der Waals surface area contributed by atoms with Gasteiger partial charge >= 0.3 is 6.09 Å². The molecule has 0 radical (unpaired) electrons. The maximum Gasteiger partial charge on any atom is 0.410 e. The number of anilines is 1. The van der Waals surface area contributed by atoms with Crippen molar-refractivity contribution >= 4 is 61.4 Å². The van der Waals surface area contributed by atoms with Gasteiger partial charge in [-0.15, -0.1) is 0 Å². The summed E-state index contributed by atoms with van der Waals surface area (Å²) in [5.74, 6) is 0.214. The van der Waals surface area contributed by atoms with Gasteiger partial charge in [0.15, 0.2) is 11.6 Å². The Morgan fingerprint density at radius 2 is 1.89 bits per heavy atom. The molecule has 1 amide bonds. The first-order valence-corrected chi connectivity index (χ1v) is 13.3. The van der Waals surface area contributed by atoms with Crippen LogP contribution in [0, 0.1) is 5.82 Å². The molecular formula is C25H31BrClFN6O2. The number of carbonyl (C=O) groups excluding carboxylic acids is 1. The van der Waals surface area contributed by atoms with Crippen LogP contribution >= 0.6 is 27.5 Å². The third-order valence-electron chi connectivity index (χ3n) is 7.02. The van der Waals surface area contributed by atoms with E-state index < -0.39 is 11.4 Å². The highest BCUT2D eigenvalue weighted by atomic mass is 79.9. The van der Waals surface area contributed by atoms with E-state index in [2.05, 4.69) is 44.4 Å². The van der Waals surface area contributed by atoms with Gasteiger partial charge in [0.1, 0.15) is 16.6 Å². The van der Waals surface area contributed by atoms with Crippen molar-refractivity contribution in [2.24, 2.45) is 0 Å². The first kappa shape index (κ1) is 25.5. The molecular weight excluding hydrogens is 551 g/mol. The summed E-state index contributed by atoms with van der Waals surface area (Å²) in [4.78, 5) is 28.1. The molecule has 0 atom stereocenters. The van der Waals surface area contributed by atoms with Gasteiger partial charge < -0.3 is 24.0 Å². The van der Waals surface area contributed by atoms with Gasteiger partial charge in [0.2, 0.25) is 0 Å². The molecule has 2 aliphatic rings. The van der Waals surface area contributed by atoms with Gasteiger partial charge in [0.25, 0.3) is 0 Å². The monoisotopic (exact) mass is 580 g/mol. The molecule has 0 aliphatic carbocycles. The van der Waals surface area contributed by atoms with Gasteiger partial charge in [-0.05, 0) is 69.7 Å². The molecule has 4 heterocycles. The van der Waals surface area contributed by atoms with Crippen LogP contribution in [-0.4, -0.2) is 82.3 Å². The molecule has 1 aromatic carbocycles. The van der Waals surface area contributed by atoms with Crippen LogP contribution in [0.3, 0.4) is 0 Å². The van der Waals surface area contributed by atoms with Gasteiger partial charge in [-0.25, -0.2) is 19.2 Å². The normalized spacial score (nSPS) is 17.9. The lowest BCUT2D eigenvalue weighted by Crippen LogP contribution is -2.57. The molecule has 8 nitrogen and oxygen atoms in total. The van der Waals surface area contributed by atoms with Crippen LogP contribution in [0.1, 0.15) is 39.7 Å². The van der Waals surface area contributed by atoms with E-state index in [1.54, 1.807) is 11.0 Å². The van der Waals surface area contributed by atoms with E-state index in [0.29, 0.717) is 35.4 Å². The van der Waals surface area contributed by atoms with Crippen molar-refractivity contribution < 1.29 is 13.9 Å². The van der Waals surface area contributed by atoms with Crippen LogP contribution in [0.15, 0.2) is 16.9 Å². The van der Waals surface area contributed by atoms with Gasteiger partial charge in [-0.1, -0.05) is 11.6 Å². The minimum Gasteiger partial charge on any atom is -0.444 e. The molecule has 2 aromatic heterocycles. The number of pyridine rings is 1. The number of imidazole rings is 1. The lowest BCUT2D eigenvalue weighted by molar-refractivity contribution is 0.0189. The van der Waals surface area contributed by atoms with Crippen LogP contribution in [0.2, 0.25) is 5.02 Å². The molecule has 0 saturated carbocycles. The predicted octanol–water partition coefficient (Wildman–Crippen LogP) is 5.46. The first-order chi connectivity index (χ1) is 16.9. The number of benzene rings is 1. The molecule has 36 heavy (non-hydrogen) atoms. The van der Waals surface area contributed by atoms with E-state index in [1.807, 2.05) is 27.1 Å². The number of halogens is 3. The number of piperidine rings is 1. The van der Waals surface area contributed by atoms with E-state index in [-0.39, 0.29) is 22.1 Å². The Morgan fingerprint density at radius 1 is 1.22 bits per heavy atom. The number of ether oxygens (including phenoxy) is 1. The highest BCUT2D eigenvalue weighted by Gasteiger charge is 2.34. The fourth-order valence-electron chi connectivity index (χ4n) is 4.93. The molecule has 0 bridgehead atoms. The summed E-state index contributed by atoms with van der Waals surface area (Å²) in [6, 6.07) is 2.28. The molecule has 5 rings (SSSR count).